The normalized spacial score (nSPS) is 10.6. The standard InChI is InChI=1S/C13H16BrN3/c1-9-5-4-6-12(13(9)14)15-7-11-8-16-17(3)10(11)2/h4-6,8,15H,7H2,1-3H3. The van der Waals surface area contributed by atoms with Gasteiger partial charge in [-0.15, -0.1) is 0 Å². The smallest absolute Gasteiger partial charge is 0.0542 e. The van der Waals surface area contributed by atoms with Crippen molar-refractivity contribution in [1.82, 2.24) is 9.78 Å². The number of benzene rings is 1. The van der Waals surface area contributed by atoms with E-state index in [1.165, 1.54) is 16.8 Å². The molecule has 17 heavy (non-hydrogen) atoms. The molecular weight excluding hydrogens is 278 g/mol. The van der Waals surface area contributed by atoms with Crippen LogP contribution in [0.5, 0.6) is 0 Å². The van der Waals surface area contributed by atoms with E-state index in [2.05, 4.69) is 58.4 Å². The first-order valence-corrected chi connectivity index (χ1v) is 6.35. The summed E-state index contributed by atoms with van der Waals surface area (Å²) in [6.07, 6.45) is 1.91. The van der Waals surface area contributed by atoms with Crippen LogP contribution in [0, 0.1) is 13.8 Å². The number of nitrogens with zero attached hydrogens (tertiary/aromatic N) is 2. The minimum atomic E-state index is 0.793. The highest BCUT2D eigenvalue weighted by Gasteiger charge is 2.05. The van der Waals surface area contributed by atoms with Crippen LogP contribution in [0.15, 0.2) is 28.9 Å². The molecule has 1 aromatic carbocycles. The topological polar surface area (TPSA) is 29.9 Å². The minimum Gasteiger partial charge on any atom is -0.380 e. The third-order valence-electron chi connectivity index (χ3n) is 3.00. The maximum absolute atomic E-state index is 4.23. The fraction of sp³-hybridized carbons (Fsp3) is 0.308. The fourth-order valence-corrected chi connectivity index (χ4v) is 2.10. The summed E-state index contributed by atoms with van der Waals surface area (Å²) in [5.41, 5.74) is 4.77. The van der Waals surface area contributed by atoms with Crippen molar-refractivity contribution in [2.24, 2.45) is 7.05 Å². The number of nitrogens with one attached hydrogen (secondary N) is 1. The molecule has 0 amide bonds. The fourth-order valence-electron chi connectivity index (χ4n) is 1.69. The quantitative estimate of drug-likeness (QED) is 0.940. The Balaban J connectivity index is 2.13. The molecule has 1 aromatic heterocycles. The zero-order valence-corrected chi connectivity index (χ0v) is 11.9. The molecule has 4 heteroatoms. The molecule has 0 aliphatic rings. The molecule has 2 aromatic rings. The highest BCUT2D eigenvalue weighted by atomic mass is 79.9. The van der Waals surface area contributed by atoms with Crippen LogP contribution in [0.3, 0.4) is 0 Å². The second-order valence-corrected chi connectivity index (χ2v) is 4.96. The number of aryl methyl sites for hydroxylation is 2. The van der Waals surface area contributed by atoms with Crippen LogP contribution in [0.4, 0.5) is 5.69 Å². The molecule has 2 rings (SSSR count). The summed E-state index contributed by atoms with van der Waals surface area (Å²) in [6.45, 7) is 4.96. The van der Waals surface area contributed by atoms with Crippen LogP contribution in [0.25, 0.3) is 0 Å². The van der Waals surface area contributed by atoms with E-state index in [0.717, 1.165) is 16.7 Å². The highest BCUT2D eigenvalue weighted by molar-refractivity contribution is 9.10. The summed E-state index contributed by atoms with van der Waals surface area (Å²) in [5.74, 6) is 0. The summed E-state index contributed by atoms with van der Waals surface area (Å²) in [5, 5.41) is 7.66. The van der Waals surface area contributed by atoms with E-state index in [9.17, 15) is 0 Å². The lowest BCUT2D eigenvalue weighted by atomic mass is 10.2. The Kier molecular flexibility index (Phi) is 3.52. The van der Waals surface area contributed by atoms with Crippen molar-refractivity contribution >= 4 is 21.6 Å². The lowest BCUT2D eigenvalue weighted by molar-refractivity contribution is 0.738. The van der Waals surface area contributed by atoms with Gasteiger partial charge in [0, 0.05) is 35.0 Å². The third kappa shape index (κ3) is 2.52. The molecule has 0 spiro atoms. The largest absolute Gasteiger partial charge is 0.380 e. The number of halogens is 1. The van der Waals surface area contributed by atoms with Crippen LogP contribution >= 0.6 is 15.9 Å². The second kappa shape index (κ2) is 4.92. The molecule has 3 nitrogen and oxygen atoms in total. The molecule has 0 bridgehead atoms. The average Bonchev–Trinajstić information content (AvgIpc) is 2.62. The van der Waals surface area contributed by atoms with Gasteiger partial charge in [-0.1, -0.05) is 12.1 Å². The summed E-state index contributed by atoms with van der Waals surface area (Å²) in [4.78, 5) is 0. The molecule has 0 radical (unpaired) electrons. The minimum absolute atomic E-state index is 0.793. The van der Waals surface area contributed by atoms with Gasteiger partial charge in [-0.05, 0) is 41.4 Å². The molecule has 1 N–H and O–H groups in total. The Morgan fingerprint density at radius 3 is 2.76 bits per heavy atom. The van der Waals surface area contributed by atoms with Crippen molar-refractivity contribution in [3.8, 4) is 0 Å². The van der Waals surface area contributed by atoms with E-state index >= 15 is 0 Å². The zero-order valence-electron chi connectivity index (χ0n) is 10.3. The molecule has 0 saturated carbocycles. The van der Waals surface area contributed by atoms with Crippen molar-refractivity contribution < 1.29 is 0 Å². The first kappa shape index (κ1) is 12.2. The first-order valence-electron chi connectivity index (χ1n) is 5.56. The number of hydrogen-bond donors (Lipinski definition) is 1. The Morgan fingerprint density at radius 1 is 1.35 bits per heavy atom. The molecule has 0 aliphatic carbocycles. The van der Waals surface area contributed by atoms with E-state index < -0.39 is 0 Å². The number of hydrogen-bond acceptors (Lipinski definition) is 2. The Morgan fingerprint density at radius 2 is 2.12 bits per heavy atom. The number of anilines is 1. The van der Waals surface area contributed by atoms with Gasteiger partial charge in [0.25, 0.3) is 0 Å². The highest BCUT2D eigenvalue weighted by Crippen LogP contribution is 2.26. The van der Waals surface area contributed by atoms with Crippen molar-refractivity contribution in [3.05, 3.63) is 45.7 Å². The van der Waals surface area contributed by atoms with Crippen LogP contribution in [0.2, 0.25) is 0 Å². The van der Waals surface area contributed by atoms with E-state index in [-0.39, 0.29) is 0 Å². The van der Waals surface area contributed by atoms with Gasteiger partial charge in [-0.25, -0.2) is 0 Å². The van der Waals surface area contributed by atoms with E-state index in [1.807, 2.05) is 17.9 Å². The summed E-state index contributed by atoms with van der Waals surface area (Å²) in [7, 11) is 1.96. The van der Waals surface area contributed by atoms with Crippen molar-refractivity contribution in [1.29, 1.82) is 0 Å². The Labute approximate surface area is 110 Å². The van der Waals surface area contributed by atoms with Gasteiger partial charge in [0.15, 0.2) is 0 Å². The monoisotopic (exact) mass is 293 g/mol. The number of rotatable bonds is 3. The van der Waals surface area contributed by atoms with Gasteiger partial charge in [0.05, 0.1) is 6.20 Å². The van der Waals surface area contributed by atoms with Crippen LogP contribution in [0.1, 0.15) is 16.8 Å². The molecule has 0 aliphatic heterocycles. The third-order valence-corrected chi connectivity index (χ3v) is 4.05. The predicted octanol–water partition coefficient (Wildman–Crippen LogP) is 3.41. The van der Waals surface area contributed by atoms with Gasteiger partial charge < -0.3 is 5.32 Å². The van der Waals surface area contributed by atoms with E-state index in [0.29, 0.717) is 0 Å². The second-order valence-electron chi connectivity index (χ2n) is 4.17. The lowest BCUT2D eigenvalue weighted by Crippen LogP contribution is -2.02. The Hall–Kier alpha value is -1.29. The molecule has 0 fully saturated rings. The van der Waals surface area contributed by atoms with Gasteiger partial charge in [0.2, 0.25) is 0 Å². The van der Waals surface area contributed by atoms with Crippen LogP contribution in [-0.2, 0) is 13.6 Å². The molecular formula is C13H16BrN3. The van der Waals surface area contributed by atoms with Gasteiger partial charge >= 0.3 is 0 Å². The van der Waals surface area contributed by atoms with Crippen molar-refractivity contribution in [3.63, 3.8) is 0 Å². The molecule has 1 heterocycles. The first-order chi connectivity index (χ1) is 8.09. The van der Waals surface area contributed by atoms with Crippen molar-refractivity contribution in [2.75, 3.05) is 5.32 Å². The summed E-state index contributed by atoms with van der Waals surface area (Å²) < 4.78 is 3.02. The molecule has 90 valence electrons. The van der Waals surface area contributed by atoms with Gasteiger partial charge in [-0.3, -0.25) is 4.68 Å². The summed E-state index contributed by atoms with van der Waals surface area (Å²) in [6, 6.07) is 6.21. The molecule has 0 atom stereocenters. The van der Waals surface area contributed by atoms with Gasteiger partial charge in [-0.2, -0.15) is 5.10 Å². The SMILES string of the molecule is Cc1cccc(NCc2cnn(C)c2C)c1Br. The predicted molar refractivity (Wildman–Crippen MR) is 74.2 cm³/mol. The van der Waals surface area contributed by atoms with Crippen LogP contribution < -0.4 is 5.32 Å². The number of aromatic nitrogens is 2. The molecule has 0 saturated heterocycles. The Bertz CT molecular complexity index is 531. The van der Waals surface area contributed by atoms with Crippen LogP contribution in [-0.4, -0.2) is 9.78 Å². The molecule has 0 unspecified atom stereocenters. The van der Waals surface area contributed by atoms with Gasteiger partial charge in [0.1, 0.15) is 0 Å². The zero-order chi connectivity index (χ0) is 12.4. The van der Waals surface area contributed by atoms with Crippen molar-refractivity contribution in [2.45, 2.75) is 20.4 Å². The van der Waals surface area contributed by atoms with E-state index in [4.69, 9.17) is 0 Å². The summed E-state index contributed by atoms with van der Waals surface area (Å²) >= 11 is 3.59. The maximum atomic E-state index is 4.23. The van der Waals surface area contributed by atoms with E-state index in [1.54, 1.807) is 0 Å². The average molecular weight is 294 g/mol. The maximum Gasteiger partial charge on any atom is 0.0542 e. The lowest BCUT2D eigenvalue weighted by Gasteiger charge is -2.10.